The number of nitrogens with zero attached hydrogens (tertiary/aromatic N) is 3. The van der Waals surface area contributed by atoms with Crippen molar-refractivity contribution in [3.63, 3.8) is 0 Å². The number of rotatable bonds is 3. The third kappa shape index (κ3) is 1.96. The van der Waals surface area contributed by atoms with Crippen molar-refractivity contribution in [2.24, 2.45) is 0 Å². The van der Waals surface area contributed by atoms with Gasteiger partial charge in [0.05, 0.1) is 5.69 Å². The van der Waals surface area contributed by atoms with Crippen LogP contribution in [0.1, 0.15) is 18.9 Å². The molecule has 0 aliphatic heterocycles. The van der Waals surface area contributed by atoms with Crippen molar-refractivity contribution >= 4 is 0 Å². The molecular weight excluding hydrogens is 192 g/mol. The Morgan fingerprint density at radius 2 is 2.33 bits per heavy atom. The van der Waals surface area contributed by atoms with E-state index < -0.39 is 0 Å². The second-order valence-electron chi connectivity index (χ2n) is 3.34. The first-order chi connectivity index (χ1) is 7.31. The van der Waals surface area contributed by atoms with E-state index >= 15 is 0 Å². The van der Waals surface area contributed by atoms with Crippen molar-refractivity contribution in [2.75, 3.05) is 0 Å². The molecule has 2 aromatic rings. The van der Waals surface area contributed by atoms with Crippen LogP contribution in [0.4, 0.5) is 0 Å². The van der Waals surface area contributed by atoms with E-state index in [-0.39, 0.29) is 5.69 Å². The zero-order valence-electron chi connectivity index (χ0n) is 8.47. The molecule has 2 rings (SSSR count). The lowest BCUT2D eigenvalue weighted by Gasteiger charge is -2.01. The first-order valence-electron chi connectivity index (χ1n) is 4.91. The lowest BCUT2D eigenvalue weighted by atomic mass is 10.1. The third-order valence-corrected chi connectivity index (χ3v) is 2.17. The van der Waals surface area contributed by atoms with Gasteiger partial charge in [0, 0.05) is 0 Å². The second kappa shape index (κ2) is 4.08. The highest BCUT2D eigenvalue weighted by atomic mass is 16.2. The largest absolute Gasteiger partial charge is 0.365 e. The minimum Gasteiger partial charge on any atom is -0.244 e. The summed E-state index contributed by atoms with van der Waals surface area (Å²) in [4.78, 5) is 11.3. The van der Waals surface area contributed by atoms with Gasteiger partial charge >= 0.3 is 5.69 Å². The van der Waals surface area contributed by atoms with Gasteiger partial charge in [-0.3, -0.25) is 0 Å². The second-order valence-corrected chi connectivity index (χ2v) is 3.34. The fourth-order valence-electron chi connectivity index (χ4n) is 1.50. The number of aromatic amines is 1. The van der Waals surface area contributed by atoms with Gasteiger partial charge in [-0.05, 0) is 34.5 Å². The van der Waals surface area contributed by atoms with Gasteiger partial charge in [-0.25, -0.2) is 9.89 Å². The SMILES string of the molecule is CCCc1cccc(-n2nn[nH]c2=O)c1. The normalized spacial score (nSPS) is 10.5. The maximum Gasteiger partial charge on any atom is 0.365 e. The molecule has 0 atom stereocenters. The molecule has 5 heteroatoms. The van der Waals surface area contributed by atoms with Crippen molar-refractivity contribution in [1.82, 2.24) is 20.2 Å². The van der Waals surface area contributed by atoms with E-state index in [9.17, 15) is 4.79 Å². The smallest absolute Gasteiger partial charge is 0.244 e. The number of hydrogen-bond acceptors (Lipinski definition) is 3. The molecule has 5 nitrogen and oxygen atoms in total. The molecule has 78 valence electrons. The molecule has 1 aromatic heterocycles. The quantitative estimate of drug-likeness (QED) is 0.808. The predicted molar refractivity (Wildman–Crippen MR) is 56.0 cm³/mol. The van der Waals surface area contributed by atoms with Crippen molar-refractivity contribution in [2.45, 2.75) is 19.8 Å². The standard InChI is InChI=1S/C10H12N4O/c1-2-4-8-5-3-6-9(7-8)14-10(15)11-12-13-14/h3,5-7H,2,4H2,1H3,(H,11,13,15). The highest BCUT2D eigenvalue weighted by Gasteiger charge is 2.02. The van der Waals surface area contributed by atoms with Crippen molar-refractivity contribution < 1.29 is 0 Å². The predicted octanol–water partition coefficient (Wildman–Crippen LogP) is 0.908. The van der Waals surface area contributed by atoms with E-state index in [1.54, 1.807) is 0 Å². The molecule has 0 bridgehead atoms. The fraction of sp³-hybridized carbons (Fsp3) is 0.300. The molecule has 0 aliphatic carbocycles. The van der Waals surface area contributed by atoms with E-state index in [0.717, 1.165) is 18.5 Å². The van der Waals surface area contributed by atoms with Crippen LogP contribution in [-0.4, -0.2) is 20.2 Å². The van der Waals surface area contributed by atoms with Gasteiger partial charge in [-0.2, -0.15) is 4.68 Å². The van der Waals surface area contributed by atoms with E-state index in [0.29, 0.717) is 0 Å². The molecule has 0 saturated heterocycles. The molecule has 0 aliphatic rings. The number of H-pyrrole nitrogens is 1. The van der Waals surface area contributed by atoms with Crippen molar-refractivity contribution in [3.8, 4) is 5.69 Å². The topological polar surface area (TPSA) is 63.6 Å². The number of hydrogen-bond donors (Lipinski definition) is 1. The highest BCUT2D eigenvalue weighted by molar-refractivity contribution is 5.34. The average Bonchev–Trinajstić information content (AvgIpc) is 2.65. The molecular formula is C10H12N4O. The van der Waals surface area contributed by atoms with Crippen LogP contribution in [0.25, 0.3) is 5.69 Å². The zero-order chi connectivity index (χ0) is 10.7. The van der Waals surface area contributed by atoms with Crippen LogP contribution in [0.5, 0.6) is 0 Å². The molecule has 1 heterocycles. The lowest BCUT2D eigenvalue weighted by Crippen LogP contribution is -2.16. The lowest BCUT2D eigenvalue weighted by molar-refractivity contribution is 0.777. The summed E-state index contributed by atoms with van der Waals surface area (Å²) in [5.74, 6) is 0. The van der Waals surface area contributed by atoms with E-state index in [4.69, 9.17) is 0 Å². The first-order valence-corrected chi connectivity index (χ1v) is 4.91. The summed E-state index contributed by atoms with van der Waals surface area (Å²) in [7, 11) is 0. The number of aromatic nitrogens is 4. The van der Waals surface area contributed by atoms with E-state index in [1.165, 1.54) is 10.2 Å². The average molecular weight is 204 g/mol. The molecule has 0 radical (unpaired) electrons. The molecule has 0 unspecified atom stereocenters. The Balaban J connectivity index is 2.41. The van der Waals surface area contributed by atoms with Crippen LogP contribution < -0.4 is 5.69 Å². The van der Waals surface area contributed by atoms with Crippen LogP contribution in [0, 0.1) is 0 Å². The molecule has 0 spiro atoms. The first kappa shape index (κ1) is 9.64. The van der Waals surface area contributed by atoms with Crippen LogP contribution in [-0.2, 0) is 6.42 Å². The van der Waals surface area contributed by atoms with E-state index in [2.05, 4.69) is 22.4 Å². The van der Waals surface area contributed by atoms with Gasteiger partial charge in [0.1, 0.15) is 0 Å². The monoisotopic (exact) mass is 204 g/mol. The van der Waals surface area contributed by atoms with Crippen molar-refractivity contribution in [3.05, 3.63) is 40.3 Å². The molecule has 1 aromatic carbocycles. The fourth-order valence-corrected chi connectivity index (χ4v) is 1.50. The Labute approximate surface area is 86.7 Å². The third-order valence-electron chi connectivity index (χ3n) is 2.17. The van der Waals surface area contributed by atoms with Gasteiger partial charge in [-0.15, -0.1) is 0 Å². The maximum atomic E-state index is 11.3. The Morgan fingerprint density at radius 1 is 1.47 bits per heavy atom. The summed E-state index contributed by atoms with van der Waals surface area (Å²) in [5.41, 5.74) is 1.63. The Morgan fingerprint density at radius 3 is 3.00 bits per heavy atom. The van der Waals surface area contributed by atoms with Gasteiger partial charge in [-0.1, -0.05) is 25.5 Å². The van der Waals surface area contributed by atoms with Crippen LogP contribution in [0.3, 0.4) is 0 Å². The molecule has 15 heavy (non-hydrogen) atoms. The van der Waals surface area contributed by atoms with Gasteiger partial charge in [0.25, 0.3) is 0 Å². The molecule has 0 amide bonds. The van der Waals surface area contributed by atoms with Gasteiger partial charge < -0.3 is 0 Å². The Bertz CT molecular complexity index is 500. The minimum absolute atomic E-state index is 0.316. The number of nitrogens with one attached hydrogen (secondary N) is 1. The summed E-state index contributed by atoms with van der Waals surface area (Å²) in [6.07, 6.45) is 2.08. The maximum absolute atomic E-state index is 11.3. The van der Waals surface area contributed by atoms with Crippen LogP contribution >= 0.6 is 0 Å². The van der Waals surface area contributed by atoms with E-state index in [1.807, 2.05) is 24.3 Å². The van der Waals surface area contributed by atoms with Crippen LogP contribution in [0.15, 0.2) is 29.1 Å². The Kier molecular flexibility index (Phi) is 2.62. The number of aryl methyl sites for hydroxylation is 1. The molecule has 1 N–H and O–H groups in total. The summed E-state index contributed by atoms with van der Waals surface area (Å²) in [6, 6.07) is 7.75. The van der Waals surface area contributed by atoms with Gasteiger partial charge in [0.15, 0.2) is 0 Å². The number of benzene rings is 1. The molecule has 0 saturated carbocycles. The number of tetrazole rings is 1. The molecule has 0 fully saturated rings. The minimum atomic E-state index is -0.316. The summed E-state index contributed by atoms with van der Waals surface area (Å²) in [6.45, 7) is 2.12. The summed E-state index contributed by atoms with van der Waals surface area (Å²) >= 11 is 0. The van der Waals surface area contributed by atoms with Crippen LogP contribution in [0.2, 0.25) is 0 Å². The van der Waals surface area contributed by atoms with Crippen molar-refractivity contribution in [1.29, 1.82) is 0 Å². The Hall–Kier alpha value is -1.91. The summed E-state index contributed by atoms with van der Waals surface area (Å²) in [5, 5.41) is 9.40. The zero-order valence-corrected chi connectivity index (χ0v) is 8.47. The van der Waals surface area contributed by atoms with Gasteiger partial charge in [0.2, 0.25) is 0 Å². The highest BCUT2D eigenvalue weighted by Crippen LogP contribution is 2.09. The summed E-state index contributed by atoms with van der Waals surface area (Å²) < 4.78 is 1.25.